The lowest BCUT2D eigenvalue weighted by Gasteiger charge is -2.23. The molecule has 5 heteroatoms. The fourth-order valence-corrected chi connectivity index (χ4v) is 1.69. The van der Waals surface area contributed by atoms with Gasteiger partial charge < -0.3 is 20.5 Å². The lowest BCUT2D eigenvalue weighted by molar-refractivity contribution is 0.0936. The van der Waals surface area contributed by atoms with Crippen molar-refractivity contribution in [3.63, 3.8) is 0 Å². The van der Waals surface area contributed by atoms with Crippen LogP contribution in [0.2, 0.25) is 0 Å². The van der Waals surface area contributed by atoms with Gasteiger partial charge in [0.05, 0.1) is 5.56 Å². The second-order valence-electron chi connectivity index (χ2n) is 5.49. The van der Waals surface area contributed by atoms with Gasteiger partial charge in [-0.1, -0.05) is 20.8 Å². The second-order valence-corrected chi connectivity index (χ2v) is 5.49. The van der Waals surface area contributed by atoms with Gasteiger partial charge in [-0.25, -0.2) is 0 Å². The molecule has 2 rings (SSSR count). The molecule has 1 aromatic carbocycles. The molecule has 1 amide bonds. The van der Waals surface area contributed by atoms with Crippen LogP contribution >= 0.6 is 0 Å². The van der Waals surface area contributed by atoms with E-state index in [0.29, 0.717) is 29.3 Å². The van der Waals surface area contributed by atoms with E-state index in [-0.39, 0.29) is 18.1 Å². The monoisotopic (exact) mass is 264 g/mol. The van der Waals surface area contributed by atoms with Gasteiger partial charge in [0, 0.05) is 18.3 Å². The molecule has 0 atom stereocenters. The van der Waals surface area contributed by atoms with Gasteiger partial charge in [0.25, 0.3) is 5.91 Å². The Morgan fingerprint density at radius 2 is 2.00 bits per heavy atom. The average Bonchev–Trinajstić information content (AvgIpc) is 2.82. The van der Waals surface area contributed by atoms with Gasteiger partial charge in [-0.2, -0.15) is 0 Å². The van der Waals surface area contributed by atoms with E-state index < -0.39 is 0 Å². The molecule has 0 aliphatic carbocycles. The Kier molecular flexibility index (Phi) is 3.55. The maximum atomic E-state index is 12.1. The Balaban J connectivity index is 2.12. The minimum atomic E-state index is -0.183. The summed E-state index contributed by atoms with van der Waals surface area (Å²) in [5.41, 5.74) is 6.77. The van der Waals surface area contributed by atoms with Crippen molar-refractivity contribution in [3.05, 3.63) is 17.7 Å². The molecule has 0 fully saturated rings. The molecule has 3 N–H and O–H groups in total. The summed E-state index contributed by atoms with van der Waals surface area (Å²) in [6.45, 7) is 7.09. The van der Waals surface area contributed by atoms with E-state index in [1.165, 1.54) is 0 Å². The van der Waals surface area contributed by atoms with Gasteiger partial charge in [-0.15, -0.1) is 0 Å². The van der Waals surface area contributed by atoms with Crippen molar-refractivity contribution in [2.45, 2.75) is 27.2 Å². The summed E-state index contributed by atoms with van der Waals surface area (Å²) in [5, 5.41) is 2.91. The predicted octanol–water partition coefficient (Wildman–Crippen LogP) is 2.16. The molecular weight excluding hydrogens is 244 g/mol. The molecule has 0 radical (unpaired) electrons. The van der Waals surface area contributed by atoms with E-state index in [1.54, 1.807) is 12.1 Å². The van der Waals surface area contributed by atoms with E-state index in [2.05, 4.69) is 26.1 Å². The van der Waals surface area contributed by atoms with Crippen LogP contribution < -0.4 is 20.5 Å². The van der Waals surface area contributed by atoms with Gasteiger partial charge in [0.2, 0.25) is 6.79 Å². The summed E-state index contributed by atoms with van der Waals surface area (Å²) in [6, 6.07) is 3.26. The van der Waals surface area contributed by atoms with Crippen molar-refractivity contribution in [1.82, 2.24) is 5.32 Å². The zero-order chi connectivity index (χ0) is 14.0. The molecule has 5 nitrogen and oxygen atoms in total. The van der Waals surface area contributed by atoms with Gasteiger partial charge in [-0.05, 0) is 17.9 Å². The highest BCUT2D eigenvalue weighted by molar-refractivity contribution is 6.00. The molecule has 0 unspecified atom stereocenters. The Labute approximate surface area is 113 Å². The number of nitrogens with one attached hydrogen (secondary N) is 1. The number of carbonyl (C=O) groups excluding carboxylic acids is 1. The number of amides is 1. The molecule has 0 aromatic heterocycles. The van der Waals surface area contributed by atoms with Gasteiger partial charge in [0.1, 0.15) is 0 Å². The van der Waals surface area contributed by atoms with Crippen molar-refractivity contribution in [2.24, 2.45) is 5.41 Å². The van der Waals surface area contributed by atoms with Crippen LogP contribution in [0, 0.1) is 5.41 Å². The van der Waals surface area contributed by atoms with Crippen molar-refractivity contribution in [3.8, 4) is 11.5 Å². The van der Waals surface area contributed by atoms with Crippen LogP contribution in [0.3, 0.4) is 0 Å². The Hall–Kier alpha value is -1.91. The van der Waals surface area contributed by atoms with Crippen LogP contribution in [0.1, 0.15) is 37.6 Å². The highest BCUT2D eigenvalue weighted by Gasteiger charge is 2.21. The number of nitrogens with two attached hydrogens (primary N) is 1. The molecule has 1 aliphatic heterocycles. The van der Waals surface area contributed by atoms with Crippen LogP contribution in [-0.2, 0) is 0 Å². The van der Waals surface area contributed by atoms with E-state index in [1.807, 2.05) is 0 Å². The van der Waals surface area contributed by atoms with Crippen LogP contribution in [0.4, 0.5) is 5.69 Å². The van der Waals surface area contributed by atoms with Crippen LogP contribution in [0.5, 0.6) is 11.5 Å². The first-order chi connectivity index (χ1) is 8.93. The third kappa shape index (κ3) is 2.92. The van der Waals surface area contributed by atoms with Gasteiger partial charge in [0.15, 0.2) is 11.5 Å². The minimum Gasteiger partial charge on any atom is -0.454 e. The first-order valence-electron chi connectivity index (χ1n) is 6.40. The number of benzene rings is 1. The van der Waals surface area contributed by atoms with Gasteiger partial charge in [-0.3, -0.25) is 4.79 Å². The smallest absolute Gasteiger partial charge is 0.253 e. The molecule has 0 bridgehead atoms. The summed E-state index contributed by atoms with van der Waals surface area (Å²) in [5.74, 6) is 0.967. The third-order valence-electron chi connectivity index (χ3n) is 3.47. The Morgan fingerprint density at radius 3 is 2.63 bits per heavy atom. The number of ether oxygens (including phenoxy) is 2. The minimum absolute atomic E-state index is 0.0702. The number of fused-ring (bicyclic) bond motifs is 1. The SMILES string of the molecule is CCC(C)(C)CNC(=O)c1cc2c(cc1N)OCO2. The maximum Gasteiger partial charge on any atom is 0.253 e. The lowest BCUT2D eigenvalue weighted by atomic mass is 9.90. The molecule has 1 aliphatic rings. The Bertz CT molecular complexity index is 498. The first-order valence-corrected chi connectivity index (χ1v) is 6.40. The van der Waals surface area contributed by atoms with E-state index in [4.69, 9.17) is 15.2 Å². The molecule has 0 saturated heterocycles. The quantitative estimate of drug-likeness (QED) is 0.817. The highest BCUT2D eigenvalue weighted by Crippen LogP contribution is 2.35. The van der Waals surface area contributed by atoms with E-state index in [9.17, 15) is 4.79 Å². The molecule has 0 saturated carbocycles. The molecular formula is C14H20N2O3. The predicted molar refractivity (Wildman–Crippen MR) is 73.4 cm³/mol. The summed E-state index contributed by atoms with van der Waals surface area (Å²) < 4.78 is 10.5. The van der Waals surface area contributed by atoms with Crippen LogP contribution in [0.15, 0.2) is 12.1 Å². The summed E-state index contributed by atoms with van der Waals surface area (Å²) in [6.07, 6.45) is 0.990. The fourth-order valence-electron chi connectivity index (χ4n) is 1.69. The number of rotatable bonds is 4. The number of carbonyl (C=O) groups is 1. The molecule has 19 heavy (non-hydrogen) atoms. The van der Waals surface area contributed by atoms with Crippen molar-refractivity contribution in [1.29, 1.82) is 0 Å². The average molecular weight is 264 g/mol. The van der Waals surface area contributed by atoms with Gasteiger partial charge >= 0.3 is 0 Å². The maximum absolute atomic E-state index is 12.1. The largest absolute Gasteiger partial charge is 0.454 e. The summed E-state index contributed by atoms with van der Waals surface area (Å²) in [7, 11) is 0. The first kappa shape index (κ1) is 13.5. The number of anilines is 1. The topological polar surface area (TPSA) is 73.6 Å². The number of hydrogen-bond acceptors (Lipinski definition) is 4. The Morgan fingerprint density at radius 1 is 1.37 bits per heavy atom. The zero-order valence-corrected chi connectivity index (χ0v) is 11.6. The number of nitrogen functional groups attached to an aromatic ring is 1. The molecule has 1 aromatic rings. The molecule has 0 spiro atoms. The number of hydrogen-bond donors (Lipinski definition) is 2. The zero-order valence-electron chi connectivity index (χ0n) is 11.6. The standard InChI is InChI=1S/C14H20N2O3/c1-4-14(2,3)7-16-13(17)9-5-11-12(6-10(9)15)19-8-18-11/h5-6H,4,7-8,15H2,1-3H3,(H,16,17). The highest BCUT2D eigenvalue weighted by atomic mass is 16.7. The molecule has 1 heterocycles. The second kappa shape index (κ2) is 4.99. The fraction of sp³-hybridized carbons (Fsp3) is 0.500. The van der Waals surface area contributed by atoms with Crippen molar-refractivity contribution < 1.29 is 14.3 Å². The summed E-state index contributed by atoms with van der Waals surface area (Å²) in [4.78, 5) is 12.1. The van der Waals surface area contributed by atoms with E-state index >= 15 is 0 Å². The van der Waals surface area contributed by atoms with Crippen molar-refractivity contribution in [2.75, 3.05) is 19.1 Å². The third-order valence-corrected chi connectivity index (χ3v) is 3.47. The van der Waals surface area contributed by atoms with E-state index in [0.717, 1.165) is 6.42 Å². The van der Waals surface area contributed by atoms with Crippen LogP contribution in [0.25, 0.3) is 0 Å². The normalized spacial score (nSPS) is 13.4. The lowest BCUT2D eigenvalue weighted by Crippen LogP contribution is -2.33. The van der Waals surface area contributed by atoms with Crippen molar-refractivity contribution >= 4 is 11.6 Å². The summed E-state index contributed by atoms with van der Waals surface area (Å²) >= 11 is 0. The molecule has 104 valence electrons. The van der Waals surface area contributed by atoms with Crippen LogP contribution in [-0.4, -0.2) is 19.2 Å².